The minimum Gasteiger partial charge on any atom is -0.497 e. The lowest BCUT2D eigenvalue weighted by Gasteiger charge is -2.07. The zero-order valence-electron chi connectivity index (χ0n) is 8.56. The third-order valence-electron chi connectivity index (χ3n) is 2.07. The molecule has 0 saturated carbocycles. The molecule has 1 heterocycles. The smallest absolute Gasteiger partial charge is 0.229 e. The fraction of sp³-hybridized carbons (Fsp3) is 0.182. The average Bonchev–Trinajstić information content (AvgIpc) is 2.81. The Labute approximate surface area is 87.5 Å². The third-order valence-corrected chi connectivity index (χ3v) is 2.07. The van der Waals surface area contributed by atoms with Gasteiger partial charge in [0.15, 0.2) is 0 Å². The normalized spacial score (nSPS) is 10.0. The van der Waals surface area contributed by atoms with Gasteiger partial charge in [-0.1, -0.05) is 0 Å². The summed E-state index contributed by atoms with van der Waals surface area (Å²) in [4.78, 5) is 4.06. The van der Waals surface area contributed by atoms with E-state index in [1.807, 2.05) is 12.1 Å². The van der Waals surface area contributed by atoms with Gasteiger partial charge in [-0.05, 0) is 12.1 Å². The summed E-state index contributed by atoms with van der Waals surface area (Å²) < 4.78 is 15.5. The molecule has 4 heteroatoms. The molecule has 0 aliphatic rings. The van der Waals surface area contributed by atoms with Gasteiger partial charge in [0, 0.05) is 6.07 Å². The van der Waals surface area contributed by atoms with E-state index < -0.39 is 0 Å². The van der Waals surface area contributed by atoms with Crippen molar-refractivity contribution >= 4 is 0 Å². The summed E-state index contributed by atoms with van der Waals surface area (Å²) in [7, 11) is 3.21. The Morgan fingerprint density at radius 1 is 1.20 bits per heavy atom. The van der Waals surface area contributed by atoms with Gasteiger partial charge in [-0.15, -0.1) is 0 Å². The Morgan fingerprint density at radius 2 is 2.07 bits per heavy atom. The highest BCUT2D eigenvalue weighted by Crippen LogP contribution is 2.31. The fourth-order valence-corrected chi connectivity index (χ4v) is 1.33. The minimum atomic E-state index is 0.537. The Bertz CT molecular complexity index is 437. The van der Waals surface area contributed by atoms with E-state index in [0.717, 1.165) is 11.3 Å². The molecule has 2 rings (SSSR count). The SMILES string of the molecule is COc1ccc(-c2ncco2)c(OC)c1. The molecule has 0 fully saturated rings. The Kier molecular flexibility index (Phi) is 2.58. The number of methoxy groups -OCH3 is 2. The van der Waals surface area contributed by atoms with Crippen molar-refractivity contribution < 1.29 is 13.9 Å². The highest BCUT2D eigenvalue weighted by Gasteiger charge is 2.10. The number of hydrogen-bond donors (Lipinski definition) is 0. The van der Waals surface area contributed by atoms with Crippen LogP contribution in [-0.2, 0) is 0 Å². The van der Waals surface area contributed by atoms with Gasteiger partial charge in [-0.3, -0.25) is 0 Å². The summed E-state index contributed by atoms with van der Waals surface area (Å²) in [5.74, 6) is 1.95. The van der Waals surface area contributed by atoms with Crippen molar-refractivity contribution in [2.75, 3.05) is 14.2 Å². The molecule has 0 spiro atoms. The molecule has 0 amide bonds. The number of aromatic nitrogens is 1. The van der Waals surface area contributed by atoms with Gasteiger partial charge in [0.05, 0.1) is 26.0 Å². The summed E-state index contributed by atoms with van der Waals surface area (Å²) >= 11 is 0. The first kappa shape index (κ1) is 9.58. The highest BCUT2D eigenvalue weighted by atomic mass is 16.5. The van der Waals surface area contributed by atoms with Gasteiger partial charge in [0.25, 0.3) is 0 Å². The van der Waals surface area contributed by atoms with E-state index in [1.54, 1.807) is 26.5 Å². The zero-order chi connectivity index (χ0) is 10.7. The molecule has 0 unspecified atom stereocenters. The molecule has 0 radical (unpaired) electrons. The zero-order valence-corrected chi connectivity index (χ0v) is 8.56. The Morgan fingerprint density at radius 3 is 2.67 bits per heavy atom. The van der Waals surface area contributed by atoms with Crippen LogP contribution in [-0.4, -0.2) is 19.2 Å². The topological polar surface area (TPSA) is 44.5 Å². The predicted molar refractivity (Wildman–Crippen MR) is 55.0 cm³/mol. The van der Waals surface area contributed by atoms with E-state index >= 15 is 0 Å². The number of nitrogens with zero attached hydrogens (tertiary/aromatic N) is 1. The van der Waals surface area contributed by atoms with Crippen molar-refractivity contribution in [2.45, 2.75) is 0 Å². The highest BCUT2D eigenvalue weighted by molar-refractivity contribution is 5.64. The van der Waals surface area contributed by atoms with Crippen LogP contribution in [0.3, 0.4) is 0 Å². The fourth-order valence-electron chi connectivity index (χ4n) is 1.33. The molecule has 1 aromatic carbocycles. The van der Waals surface area contributed by atoms with Crippen molar-refractivity contribution in [2.24, 2.45) is 0 Å². The van der Waals surface area contributed by atoms with Crippen LogP contribution in [0, 0.1) is 0 Å². The van der Waals surface area contributed by atoms with Gasteiger partial charge in [-0.2, -0.15) is 0 Å². The van der Waals surface area contributed by atoms with E-state index in [9.17, 15) is 0 Å². The van der Waals surface area contributed by atoms with Crippen molar-refractivity contribution in [1.82, 2.24) is 4.98 Å². The van der Waals surface area contributed by atoms with E-state index in [-0.39, 0.29) is 0 Å². The molecule has 0 saturated heterocycles. The van der Waals surface area contributed by atoms with Gasteiger partial charge >= 0.3 is 0 Å². The maximum absolute atomic E-state index is 5.23. The van der Waals surface area contributed by atoms with Crippen molar-refractivity contribution in [1.29, 1.82) is 0 Å². The van der Waals surface area contributed by atoms with Crippen molar-refractivity contribution in [3.8, 4) is 23.0 Å². The number of rotatable bonds is 3. The van der Waals surface area contributed by atoms with Crippen LogP contribution in [0.5, 0.6) is 11.5 Å². The number of oxazole rings is 1. The molecule has 1 aromatic heterocycles. The molecular weight excluding hydrogens is 194 g/mol. The van der Waals surface area contributed by atoms with Crippen LogP contribution in [0.4, 0.5) is 0 Å². The van der Waals surface area contributed by atoms with Crippen molar-refractivity contribution in [3.63, 3.8) is 0 Å². The maximum Gasteiger partial charge on any atom is 0.229 e. The van der Waals surface area contributed by atoms with E-state index in [4.69, 9.17) is 13.9 Å². The van der Waals surface area contributed by atoms with Gasteiger partial charge < -0.3 is 13.9 Å². The molecule has 2 aromatic rings. The van der Waals surface area contributed by atoms with Crippen LogP contribution in [0.1, 0.15) is 0 Å². The molecule has 0 aliphatic carbocycles. The quantitative estimate of drug-likeness (QED) is 0.771. The van der Waals surface area contributed by atoms with Gasteiger partial charge in [-0.25, -0.2) is 4.98 Å². The lowest BCUT2D eigenvalue weighted by atomic mass is 10.2. The second kappa shape index (κ2) is 4.04. The van der Waals surface area contributed by atoms with Crippen LogP contribution in [0.15, 0.2) is 35.1 Å². The minimum absolute atomic E-state index is 0.537. The number of ether oxygens (including phenoxy) is 2. The first-order chi connectivity index (χ1) is 7.35. The number of benzene rings is 1. The average molecular weight is 205 g/mol. The van der Waals surface area contributed by atoms with Crippen LogP contribution >= 0.6 is 0 Å². The third kappa shape index (κ3) is 1.79. The summed E-state index contributed by atoms with van der Waals surface area (Å²) in [5, 5.41) is 0. The van der Waals surface area contributed by atoms with Crippen LogP contribution in [0.25, 0.3) is 11.5 Å². The molecule has 0 N–H and O–H groups in total. The van der Waals surface area contributed by atoms with E-state index in [1.165, 1.54) is 6.26 Å². The molecular formula is C11H11NO3. The summed E-state index contributed by atoms with van der Waals surface area (Å²) in [6, 6.07) is 5.48. The lowest BCUT2D eigenvalue weighted by Crippen LogP contribution is -1.90. The van der Waals surface area contributed by atoms with E-state index in [2.05, 4.69) is 4.98 Å². The van der Waals surface area contributed by atoms with Crippen LogP contribution < -0.4 is 9.47 Å². The standard InChI is InChI=1S/C11H11NO3/c1-13-8-3-4-9(10(7-8)14-2)11-12-5-6-15-11/h3-7H,1-2H3. The lowest BCUT2D eigenvalue weighted by molar-refractivity contribution is 0.394. The van der Waals surface area contributed by atoms with Crippen LogP contribution in [0.2, 0.25) is 0 Å². The Balaban J connectivity index is 2.48. The molecule has 4 nitrogen and oxygen atoms in total. The largest absolute Gasteiger partial charge is 0.497 e. The maximum atomic E-state index is 5.23. The second-order valence-corrected chi connectivity index (χ2v) is 2.90. The second-order valence-electron chi connectivity index (χ2n) is 2.90. The summed E-state index contributed by atoms with van der Waals surface area (Å²) in [6.07, 6.45) is 3.12. The molecule has 15 heavy (non-hydrogen) atoms. The predicted octanol–water partition coefficient (Wildman–Crippen LogP) is 2.36. The number of hydrogen-bond acceptors (Lipinski definition) is 4. The van der Waals surface area contributed by atoms with Gasteiger partial charge in [0.2, 0.25) is 5.89 Å². The summed E-state index contributed by atoms with van der Waals surface area (Å²) in [6.45, 7) is 0. The first-order valence-electron chi connectivity index (χ1n) is 4.47. The van der Waals surface area contributed by atoms with Crippen molar-refractivity contribution in [3.05, 3.63) is 30.7 Å². The van der Waals surface area contributed by atoms with E-state index in [0.29, 0.717) is 11.6 Å². The first-order valence-corrected chi connectivity index (χ1v) is 4.47. The molecule has 0 atom stereocenters. The Hall–Kier alpha value is -1.97. The summed E-state index contributed by atoms with van der Waals surface area (Å²) in [5.41, 5.74) is 0.809. The van der Waals surface area contributed by atoms with Gasteiger partial charge in [0.1, 0.15) is 17.8 Å². The molecule has 0 aliphatic heterocycles. The molecule has 0 bridgehead atoms. The monoisotopic (exact) mass is 205 g/mol. The molecule has 78 valence electrons.